The molecular weight excluding hydrogens is 236 g/mol. The summed E-state index contributed by atoms with van der Waals surface area (Å²) in [5, 5.41) is 0. The third kappa shape index (κ3) is 2.99. The Morgan fingerprint density at radius 1 is 1.21 bits per heavy atom. The van der Waals surface area contributed by atoms with Crippen molar-refractivity contribution in [3.05, 3.63) is 35.9 Å². The number of hydrogen-bond acceptors (Lipinski definition) is 3. The molecule has 2 atom stereocenters. The van der Waals surface area contributed by atoms with Crippen molar-refractivity contribution in [2.75, 3.05) is 39.9 Å². The maximum absolute atomic E-state index is 5.19. The number of rotatable bonds is 5. The Hall–Kier alpha value is -0.900. The van der Waals surface area contributed by atoms with Crippen molar-refractivity contribution in [3.63, 3.8) is 0 Å². The molecule has 0 N–H and O–H groups in total. The van der Waals surface area contributed by atoms with Gasteiger partial charge in [0.2, 0.25) is 0 Å². The van der Waals surface area contributed by atoms with E-state index >= 15 is 0 Å². The van der Waals surface area contributed by atoms with E-state index in [1.54, 1.807) is 7.11 Å². The van der Waals surface area contributed by atoms with E-state index in [9.17, 15) is 0 Å². The highest BCUT2D eigenvalue weighted by molar-refractivity contribution is 5.15. The molecule has 0 aliphatic carbocycles. The lowest BCUT2D eigenvalue weighted by molar-refractivity contribution is 0.149. The Bertz CT molecular complexity index is 395. The van der Waals surface area contributed by atoms with Crippen LogP contribution in [0.5, 0.6) is 0 Å². The second kappa shape index (κ2) is 6.04. The smallest absolute Gasteiger partial charge is 0.0589 e. The van der Waals surface area contributed by atoms with Gasteiger partial charge in [0.15, 0.2) is 0 Å². The third-order valence-corrected chi connectivity index (χ3v) is 4.58. The quantitative estimate of drug-likeness (QED) is 0.803. The normalized spacial score (nSPS) is 27.8. The van der Waals surface area contributed by atoms with Crippen molar-refractivity contribution in [3.8, 4) is 0 Å². The molecule has 1 aromatic rings. The fraction of sp³-hybridized carbons (Fsp3) is 0.625. The molecule has 0 aromatic heterocycles. The summed E-state index contributed by atoms with van der Waals surface area (Å²) in [6, 6.07) is 11.6. The monoisotopic (exact) mass is 260 g/mol. The van der Waals surface area contributed by atoms with Gasteiger partial charge in [0.05, 0.1) is 6.61 Å². The molecule has 0 saturated carbocycles. The maximum Gasteiger partial charge on any atom is 0.0589 e. The van der Waals surface area contributed by atoms with Gasteiger partial charge in [-0.1, -0.05) is 30.3 Å². The first-order valence-corrected chi connectivity index (χ1v) is 7.36. The molecule has 2 heterocycles. The van der Waals surface area contributed by atoms with Crippen LogP contribution in [0.4, 0.5) is 0 Å². The van der Waals surface area contributed by atoms with Gasteiger partial charge in [-0.25, -0.2) is 0 Å². The van der Waals surface area contributed by atoms with Crippen molar-refractivity contribution in [2.45, 2.75) is 19.0 Å². The Balaban J connectivity index is 1.57. The fourth-order valence-corrected chi connectivity index (χ4v) is 3.55. The first kappa shape index (κ1) is 13.1. The Kier molecular flexibility index (Phi) is 4.16. The molecule has 1 unspecified atom stereocenters. The number of methoxy groups -OCH3 is 1. The molecule has 0 bridgehead atoms. The van der Waals surface area contributed by atoms with Crippen molar-refractivity contribution >= 4 is 0 Å². The lowest BCUT2D eigenvalue weighted by Crippen LogP contribution is -2.35. The maximum atomic E-state index is 5.19. The molecule has 0 radical (unpaired) electrons. The first-order valence-electron chi connectivity index (χ1n) is 7.36. The van der Waals surface area contributed by atoms with Crippen molar-refractivity contribution in [1.29, 1.82) is 0 Å². The van der Waals surface area contributed by atoms with Crippen LogP contribution in [0, 0.1) is 5.92 Å². The zero-order valence-corrected chi connectivity index (χ0v) is 11.8. The Morgan fingerprint density at radius 3 is 2.84 bits per heavy atom. The van der Waals surface area contributed by atoms with Gasteiger partial charge in [-0.15, -0.1) is 0 Å². The summed E-state index contributed by atoms with van der Waals surface area (Å²) in [7, 11) is 1.79. The molecule has 2 fully saturated rings. The fourth-order valence-electron chi connectivity index (χ4n) is 3.55. The van der Waals surface area contributed by atoms with Gasteiger partial charge < -0.3 is 4.74 Å². The minimum Gasteiger partial charge on any atom is -0.383 e. The van der Waals surface area contributed by atoms with E-state index in [2.05, 4.69) is 40.1 Å². The van der Waals surface area contributed by atoms with Crippen LogP contribution in [0.25, 0.3) is 0 Å². The van der Waals surface area contributed by atoms with Gasteiger partial charge in [-0.3, -0.25) is 9.80 Å². The van der Waals surface area contributed by atoms with Crippen LogP contribution in [0.15, 0.2) is 30.3 Å². The van der Waals surface area contributed by atoms with Gasteiger partial charge in [0.1, 0.15) is 0 Å². The van der Waals surface area contributed by atoms with Gasteiger partial charge in [0, 0.05) is 39.3 Å². The Morgan fingerprint density at radius 2 is 2.05 bits per heavy atom. The summed E-state index contributed by atoms with van der Waals surface area (Å²) in [5.74, 6) is 0.876. The standard InChI is InChI=1S/C16H24N2O/c1-19-10-9-17-12-15-7-8-18(16(15)13-17)11-14-5-3-2-4-6-14/h2-6,15-16H,7-13H2,1H3/t15?,16-/m1/s1. The number of likely N-dealkylation sites (tertiary alicyclic amines) is 2. The molecule has 2 aliphatic rings. The molecule has 3 nitrogen and oxygen atoms in total. The minimum absolute atomic E-state index is 0.761. The van der Waals surface area contributed by atoms with E-state index in [1.807, 2.05) is 0 Å². The highest BCUT2D eigenvalue weighted by Gasteiger charge is 2.40. The van der Waals surface area contributed by atoms with E-state index in [-0.39, 0.29) is 0 Å². The molecular formula is C16H24N2O. The van der Waals surface area contributed by atoms with E-state index in [4.69, 9.17) is 4.74 Å². The molecule has 1 aromatic carbocycles. The molecule has 2 saturated heterocycles. The van der Waals surface area contributed by atoms with Crippen LogP contribution >= 0.6 is 0 Å². The van der Waals surface area contributed by atoms with Gasteiger partial charge in [0.25, 0.3) is 0 Å². The predicted molar refractivity (Wildman–Crippen MR) is 77.1 cm³/mol. The number of benzene rings is 1. The summed E-state index contributed by atoms with van der Waals surface area (Å²) in [5.41, 5.74) is 1.44. The second-order valence-corrected chi connectivity index (χ2v) is 5.82. The summed E-state index contributed by atoms with van der Waals surface area (Å²) in [6.45, 7) is 6.81. The van der Waals surface area contributed by atoms with E-state index in [0.717, 1.165) is 31.7 Å². The number of ether oxygens (including phenoxy) is 1. The average molecular weight is 260 g/mol. The molecule has 2 aliphatic heterocycles. The summed E-state index contributed by atoms with van der Waals surface area (Å²) in [4.78, 5) is 5.24. The molecule has 19 heavy (non-hydrogen) atoms. The summed E-state index contributed by atoms with van der Waals surface area (Å²) >= 11 is 0. The van der Waals surface area contributed by atoms with Crippen LogP contribution in [0.2, 0.25) is 0 Å². The summed E-state index contributed by atoms with van der Waals surface area (Å²) in [6.07, 6.45) is 1.36. The average Bonchev–Trinajstić information content (AvgIpc) is 2.99. The molecule has 0 spiro atoms. The number of nitrogens with zero attached hydrogens (tertiary/aromatic N) is 2. The van der Waals surface area contributed by atoms with Crippen LogP contribution in [-0.2, 0) is 11.3 Å². The molecule has 0 amide bonds. The van der Waals surface area contributed by atoms with E-state index < -0.39 is 0 Å². The lowest BCUT2D eigenvalue weighted by atomic mass is 10.0. The van der Waals surface area contributed by atoms with Crippen molar-refractivity contribution in [2.24, 2.45) is 5.92 Å². The van der Waals surface area contributed by atoms with Crippen molar-refractivity contribution < 1.29 is 4.74 Å². The van der Waals surface area contributed by atoms with Gasteiger partial charge in [-0.2, -0.15) is 0 Å². The highest BCUT2D eigenvalue weighted by atomic mass is 16.5. The zero-order chi connectivity index (χ0) is 13.1. The first-order chi connectivity index (χ1) is 9.36. The second-order valence-electron chi connectivity index (χ2n) is 5.82. The topological polar surface area (TPSA) is 15.7 Å². The van der Waals surface area contributed by atoms with E-state index in [0.29, 0.717) is 0 Å². The highest BCUT2D eigenvalue weighted by Crippen LogP contribution is 2.32. The number of fused-ring (bicyclic) bond motifs is 1. The zero-order valence-electron chi connectivity index (χ0n) is 11.8. The third-order valence-electron chi connectivity index (χ3n) is 4.58. The van der Waals surface area contributed by atoms with Gasteiger partial charge in [-0.05, 0) is 24.4 Å². The lowest BCUT2D eigenvalue weighted by Gasteiger charge is -2.24. The summed E-state index contributed by atoms with van der Waals surface area (Å²) < 4.78 is 5.19. The van der Waals surface area contributed by atoms with Crippen LogP contribution in [-0.4, -0.2) is 55.7 Å². The van der Waals surface area contributed by atoms with Crippen LogP contribution in [0.1, 0.15) is 12.0 Å². The Labute approximate surface area is 116 Å². The molecule has 3 heteroatoms. The van der Waals surface area contributed by atoms with E-state index in [1.165, 1.54) is 31.6 Å². The van der Waals surface area contributed by atoms with Crippen LogP contribution in [0.3, 0.4) is 0 Å². The molecule has 3 rings (SSSR count). The molecule has 104 valence electrons. The largest absolute Gasteiger partial charge is 0.383 e. The minimum atomic E-state index is 0.761. The SMILES string of the molecule is COCCN1CC2CCN(Cc3ccccc3)[C@@H]2C1. The van der Waals surface area contributed by atoms with Crippen LogP contribution < -0.4 is 0 Å². The van der Waals surface area contributed by atoms with Gasteiger partial charge >= 0.3 is 0 Å². The number of hydrogen-bond donors (Lipinski definition) is 0. The predicted octanol–water partition coefficient (Wildman–Crippen LogP) is 1.84. The van der Waals surface area contributed by atoms with Crippen molar-refractivity contribution in [1.82, 2.24) is 9.80 Å².